The third-order valence-corrected chi connectivity index (χ3v) is 2.20. The van der Waals surface area contributed by atoms with Crippen LogP contribution in [0, 0.1) is 12.7 Å². The Balaban J connectivity index is 3.06. The van der Waals surface area contributed by atoms with E-state index in [9.17, 15) is 14.3 Å². The second kappa shape index (κ2) is 2.83. The van der Waals surface area contributed by atoms with Crippen molar-refractivity contribution >= 4 is 10.9 Å². The molecule has 0 aliphatic heterocycles. The number of benzene rings is 1. The summed E-state index contributed by atoms with van der Waals surface area (Å²) >= 11 is 0. The number of rotatable bonds is 0. The molecule has 1 aromatic carbocycles. The second-order valence-electron chi connectivity index (χ2n) is 3.09. The SMILES string of the molecule is Cc1c(O)c2cccc(F)c2[nH]c1=O. The van der Waals surface area contributed by atoms with Crippen LogP contribution >= 0.6 is 0 Å². The highest BCUT2D eigenvalue weighted by atomic mass is 19.1. The molecule has 0 unspecified atom stereocenters. The van der Waals surface area contributed by atoms with E-state index < -0.39 is 11.4 Å². The van der Waals surface area contributed by atoms with Gasteiger partial charge in [-0.3, -0.25) is 4.79 Å². The van der Waals surface area contributed by atoms with Crippen LogP contribution in [0.2, 0.25) is 0 Å². The lowest BCUT2D eigenvalue weighted by Gasteiger charge is -2.03. The highest BCUT2D eigenvalue weighted by molar-refractivity contribution is 5.85. The molecule has 2 rings (SSSR count). The molecular formula is C10H8FNO2. The van der Waals surface area contributed by atoms with Crippen LogP contribution in [0.4, 0.5) is 4.39 Å². The van der Waals surface area contributed by atoms with Gasteiger partial charge < -0.3 is 10.1 Å². The predicted molar refractivity (Wildman–Crippen MR) is 50.9 cm³/mol. The third kappa shape index (κ3) is 1.08. The van der Waals surface area contributed by atoms with Crippen molar-refractivity contribution in [3.8, 4) is 5.75 Å². The molecule has 1 heterocycles. The van der Waals surface area contributed by atoms with E-state index in [-0.39, 0.29) is 16.8 Å². The minimum atomic E-state index is -0.546. The van der Waals surface area contributed by atoms with Gasteiger partial charge in [-0.25, -0.2) is 4.39 Å². The first-order valence-corrected chi connectivity index (χ1v) is 4.11. The van der Waals surface area contributed by atoms with Crippen molar-refractivity contribution in [2.24, 2.45) is 0 Å². The summed E-state index contributed by atoms with van der Waals surface area (Å²) in [5, 5.41) is 9.90. The van der Waals surface area contributed by atoms with Crippen LogP contribution in [0.5, 0.6) is 5.75 Å². The van der Waals surface area contributed by atoms with E-state index in [1.807, 2.05) is 0 Å². The molecular weight excluding hydrogens is 185 g/mol. The average Bonchev–Trinajstić information content (AvgIpc) is 2.17. The summed E-state index contributed by atoms with van der Waals surface area (Å²) in [6.07, 6.45) is 0. The first-order valence-electron chi connectivity index (χ1n) is 4.11. The zero-order valence-corrected chi connectivity index (χ0v) is 7.47. The fraction of sp³-hybridized carbons (Fsp3) is 0.100. The number of para-hydroxylation sites is 1. The minimum absolute atomic E-state index is 0.0422. The van der Waals surface area contributed by atoms with Crippen molar-refractivity contribution in [2.75, 3.05) is 0 Å². The Morgan fingerprint density at radius 2 is 2.14 bits per heavy atom. The number of nitrogens with one attached hydrogen (secondary N) is 1. The molecule has 0 atom stereocenters. The van der Waals surface area contributed by atoms with Gasteiger partial charge in [0.1, 0.15) is 11.6 Å². The van der Waals surface area contributed by atoms with E-state index in [1.165, 1.54) is 19.1 Å². The van der Waals surface area contributed by atoms with E-state index in [2.05, 4.69) is 4.98 Å². The van der Waals surface area contributed by atoms with Crippen molar-refractivity contribution in [2.45, 2.75) is 6.92 Å². The second-order valence-corrected chi connectivity index (χ2v) is 3.09. The summed E-state index contributed by atoms with van der Waals surface area (Å²) in [6, 6.07) is 4.26. The number of aromatic hydroxyl groups is 1. The molecule has 72 valence electrons. The fourth-order valence-electron chi connectivity index (χ4n) is 1.37. The van der Waals surface area contributed by atoms with E-state index >= 15 is 0 Å². The summed E-state index contributed by atoms with van der Waals surface area (Å²) < 4.78 is 13.2. The quantitative estimate of drug-likeness (QED) is 0.668. The average molecular weight is 193 g/mol. The molecule has 3 nitrogen and oxygen atoms in total. The van der Waals surface area contributed by atoms with Crippen molar-refractivity contribution in [1.29, 1.82) is 0 Å². The highest BCUT2D eigenvalue weighted by Gasteiger charge is 2.09. The standard InChI is InChI=1S/C10H8FNO2/c1-5-9(13)6-3-2-4-7(11)8(6)12-10(5)14/h2-4H,1H3,(H2,12,13,14). The molecule has 14 heavy (non-hydrogen) atoms. The van der Waals surface area contributed by atoms with E-state index in [4.69, 9.17) is 0 Å². The van der Waals surface area contributed by atoms with Gasteiger partial charge >= 0.3 is 0 Å². The maximum absolute atomic E-state index is 13.2. The summed E-state index contributed by atoms with van der Waals surface area (Å²) in [5.74, 6) is -0.710. The Hall–Kier alpha value is -1.84. The summed E-state index contributed by atoms with van der Waals surface area (Å²) in [4.78, 5) is 13.6. The van der Waals surface area contributed by atoms with E-state index in [0.717, 1.165) is 0 Å². The summed E-state index contributed by atoms with van der Waals surface area (Å²) in [6.45, 7) is 1.48. The lowest BCUT2D eigenvalue weighted by atomic mass is 10.1. The molecule has 0 saturated heterocycles. The van der Waals surface area contributed by atoms with E-state index in [1.54, 1.807) is 6.07 Å². The number of pyridine rings is 1. The topological polar surface area (TPSA) is 53.1 Å². The fourth-order valence-corrected chi connectivity index (χ4v) is 1.37. The van der Waals surface area contributed by atoms with Crippen LogP contribution in [0.3, 0.4) is 0 Å². The zero-order valence-electron chi connectivity index (χ0n) is 7.47. The molecule has 0 fully saturated rings. The minimum Gasteiger partial charge on any atom is -0.507 e. The number of fused-ring (bicyclic) bond motifs is 1. The van der Waals surface area contributed by atoms with Gasteiger partial charge in [0, 0.05) is 5.39 Å². The molecule has 1 aromatic heterocycles. The Morgan fingerprint density at radius 1 is 1.43 bits per heavy atom. The Kier molecular flexibility index (Phi) is 1.77. The molecule has 2 N–H and O–H groups in total. The number of aromatic nitrogens is 1. The van der Waals surface area contributed by atoms with Gasteiger partial charge in [0.05, 0.1) is 11.1 Å². The first-order chi connectivity index (χ1) is 6.61. The molecule has 4 heteroatoms. The highest BCUT2D eigenvalue weighted by Crippen LogP contribution is 2.25. The number of halogens is 1. The summed E-state index contributed by atoms with van der Waals surface area (Å²) in [5.41, 5.74) is -0.233. The monoisotopic (exact) mass is 193 g/mol. The summed E-state index contributed by atoms with van der Waals surface area (Å²) in [7, 11) is 0. The molecule has 2 aromatic rings. The Labute approximate surface area is 78.8 Å². The number of hydrogen-bond donors (Lipinski definition) is 2. The molecule has 0 saturated carbocycles. The van der Waals surface area contributed by atoms with Gasteiger partial charge in [0.15, 0.2) is 0 Å². The van der Waals surface area contributed by atoms with Gasteiger partial charge in [-0.2, -0.15) is 0 Å². The van der Waals surface area contributed by atoms with Crippen LogP contribution < -0.4 is 5.56 Å². The molecule has 0 aliphatic carbocycles. The molecule has 0 radical (unpaired) electrons. The maximum Gasteiger partial charge on any atom is 0.255 e. The molecule has 0 bridgehead atoms. The van der Waals surface area contributed by atoms with E-state index in [0.29, 0.717) is 5.39 Å². The maximum atomic E-state index is 13.2. The Morgan fingerprint density at radius 3 is 2.86 bits per heavy atom. The van der Waals surface area contributed by atoms with Gasteiger partial charge in [-0.05, 0) is 19.1 Å². The van der Waals surface area contributed by atoms with Crippen molar-refractivity contribution in [1.82, 2.24) is 4.98 Å². The zero-order chi connectivity index (χ0) is 10.3. The lowest BCUT2D eigenvalue weighted by Crippen LogP contribution is -2.09. The third-order valence-electron chi connectivity index (χ3n) is 2.20. The number of H-pyrrole nitrogens is 1. The van der Waals surface area contributed by atoms with Crippen molar-refractivity contribution in [3.05, 3.63) is 39.9 Å². The molecule has 0 amide bonds. The van der Waals surface area contributed by atoms with Crippen LogP contribution in [-0.2, 0) is 0 Å². The smallest absolute Gasteiger partial charge is 0.255 e. The van der Waals surface area contributed by atoms with Crippen LogP contribution in [0.15, 0.2) is 23.0 Å². The molecule has 0 spiro atoms. The van der Waals surface area contributed by atoms with Gasteiger partial charge in [-0.15, -0.1) is 0 Å². The predicted octanol–water partition coefficient (Wildman–Crippen LogP) is 1.68. The number of aromatic amines is 1. The van der Waals surface area contributed by atoms with Crippen molar-refractivity contribution in [3.63, 3.8) is 0 Å². The Bertz CT molecular complexity index is 560. The van der Waals surface area contributed by atoms with Gasteiger partial charge in [-0.1, -0.05) is 6.07 Å². The molecule has 0 aliphatic rings. The van der Waals surface area contributed by atoms with Gasteiger partial charge in [0.2, 0.25) is 0 Å². The first kappa shape index (κ1) is 8.74. The lowest BCUT2D eigenvalue weighted by molar-refractivity contribution is 0.475. The van der Waals surface area contributed by atoms with Crippen LogP contribution in [-0.4, -0.2) is 10.1 Å². The number of hydrogen-bond acceptors (Lipinski definition) is 2. The van der Waals surface area contributed by atoms with Crippen LogP contribution in [0.25, 0.3) is 10.9 Å². The normalized spacial score (nSPS) is 10.7. The van der Waals surface area contributed by atoms with Crippen LogP contribution in [0.1, 0.15) is 5.56 Å². The van der Waals surface area contributed by atoms with Gasteiger partial charge in [0.25, 0.3) is 5.56 Å². The largest absolute Gasteiger partial charge is 0.507 e. The van der Waals surface area contributed by atoms with Crippen molar-refractivity contribution < 1.29 is 9.50 Å².